The van der Waals surface area contributed by atoms with E-state index < -0.39 is 0 Å². The van der Waals surface area contributed by atoms with Crippen molar-refractivity contribution in [3.05, 3.63) is 42.9 Å². The van der Waals surface area contributed by atoms with Crippen LogP contribution < -0.4 is 5.73 Å². The Balaban J connectivity index is 2.18. The Bertz CT molecular complexity index is 685. The van der Waals surface area contributed by atoms with Gasteiger partial charge in [0.15, 0.2) is 0 Å². The lowest BCUT2D eigenvalue weighted by molar-refractivity contribution is 0.768. The molecule has 3 aromatic rings. The molecule has 4 nitrogen and oxygen atoms in total. The molecular formula is C13H12N4. The van der Waals surface area contributed by atoms with Crippen molar-refractivity contribution in [1.82, 2.24) is 14.8 Å². The molecule has 2 heterocycles. The molecule has 17 heavy (non-hydrogen) atoms. The average molecular weight is 224 g/mol. The zero-order valence-corrected chi connectivity index (χ0v) is 9.46. The molecule has 0 unspecified atom stereocenters. The zero-order chi connectivity index (χ0) is 11.8. The number of nitrogens with two attached hydrogens (primary N) is 1. The van der Waals surface area contributed by atoms with Gasteiger partial charge in [-0.3, -0.25) is 9.67 Å². The maximum atomic E-state index is 5.77. The number of anilines is 1. The van der Waals surface area contributed by atoms with Crippen LogP contribution in [0.25, 0.3) is 22.0 Å². The number of benzene rings is 1. The Labute approximate surface area is 98.7 Å². The Kier molecular flexibility index (Phi) is 2.08. The highest BCUT2D eigenvalue weighted by molar-refractivity contribution is 5.85. The predicted octanol–water partition coefficient (Wildman–Crippen LogP) is 2.22. The molecule has 0 aliphatic rings. The first-order valence-corrected chi connectivity index (χ1v) is 5.37. The van der Waals surface area contributed by atoms with Gasteiger partial charge in [0.25, 0.3) is 0 Å². The van der Waals surface area contributed by atoms with E-state index in [1.54, 1.807) is 4.68 Å². The van der Waals surface area contributed by atoms with Crippen molar-refractivity contribution < 1.29 is 0 Å². The van der Waals surface area contributed by atoms with E-state index in [2.05, 4.69) is 16.1 Å². The second kappa shape index (κ2) is 3.59. The first-order valence-electron chi connectivity index (χ1n) is 5.37. The van der Waals surface area contributed by atoms with E-state index in [4.69, 9.17) is 5.73 Å². The Hall–Kier alpha value is -2.36. The summed E-state index contributed by atoms with van der Waals surface area (Å²) in [6.07, 6.45) is 5.65. The molecule has 0 atom stereocenters. The molecule has 0 aliphatic heterocycles. The number of aromatic nitrogens is 3. The highest BCUT2D eigenvalue weighted by Crippen LogP contribution is 2.23. The largest absolute Gasteiger partial charge is 0.399 e. The van der Waals surface area contributed by atoms with Gasteiger partial charge < -0.3 is 5.73 Å². The molecule has 0 amide bonds. The number of nitrogens with zero attached hydrogens (tertiary/aromatic N) is 3. The fourth-order valence-corrected chi connectivity index (χ4v) is 1.88. The molecule has 84 valence electrons. The Morgan fingerprint density at radius 3 is 2.76 bits per heavy atom. The van der Waals surface area contributed by atoms with Crippen molar-refractivity contribution in [2.75, 3.05) is 5.73 Å². The van der Waals surface area contributed by atoms with E-state index in [0.29, 0.717) is 0 Å². The van der Waals surface area contributed by atoms with Crippen molar-refractivity contribution in [3.63, 3.8) is 0 Å². The summed E-state index contributed by atoms with van der Waals surface area (Å²) in [7, 11) is 1.90. The van der Waals surface area contributed by atoms with Gasteiger partial charge in [-0.05, 0) is 24.3 Å². The molecule has 0 radical (unpaired) electrons. The zero-order valence-electron chi connectivity index (χ0n) is 9.46. The molecule has 0 bridgehead atoms. The predicted molar refractivity (Wildman–Crippen MR) is 68.4 cm³/mol. The quantitative estimate of drug-likeness (QED) is 0.645. The van der Waals surface area contributed by atoms with Gasteiger partial charge in [-0.15, -0.1) is 0 Å². The van der Waals surface area contributed by atoms with Gasteiger partial charge in [-0.1, -0.05) is 0 Å². The van der Waals surface area contributed by atoms with Crippen LogP contribution in [0.4, 0.5) is 5.69 Å². The van der Waals surface area contributed by atoms with E-state index in [-0.39, 0.29) is 0 Å². The van der Waals surface area contributed by atoms with Crippen molar-refractivity contribution >= 4 is 16.6 Å². The van der Waals surface area contributed by atoms with Crippen LogP contribution in [-0.4, -0.2) is 14.8 Å². The van der Waals surface area contributed by atoms with Crippen LogP contribution in [0.5, 0.6) is 0 Å². The number of rotatable bonds is 1. The van der Waals surface area contributed by atoms with Crippen LogP contribution in [-0.2, 0) is 7.05 Å². The van der Waals surface area contributed by atoms with Gasteiger partial charge in [0, 0.05) is 41.6 Å². The van der Waals surface area contributed by atoms with Crippen molar-refractivity contribution in [1.29, 1.82) is 0 Å². The summed E-state index contributed by atoms with van der Waals surface area (Å²) < 4.78 is 1.78. The van der Waals surface area contributed by atoms with E-state index in [1.807, 2.05) is 43.8 Å². The van der Waals surface area contributed by atoms with Gasteiger partial charge >= 0.3 is 0 Å². The summed E-state index contributed by atoms with van der Waals surface area (Å²) in [6.45, 7) is 0. The van der Waals surface area contributed by atoms with Gasteiger partial charge in [0.1, 0.15) is 0 Å². The van der Waals surface area contributed by atoms with Crippen LogP contribution in [0.3, 0.4) is 0 Å². The van der Waals surface area contributed by atoms with E-state index in [1.165, 1.54) is 0 Å². The third-order valence-electron chi connectivity index (χ3n) is 2.74. The Morgan fingerprint density at radius 2 is 2.00 bits per heavy atom. The summed E-state index contributed by atoms with van der Waals surface area (Å²) in [5.74, 6) is 0. The number of pyridine rings is 1. The van der Waals surface area contributed by atoms with E-state index in [9.17, 15) is 0 Å². The highest BCUT2D eigenvalue weighted by atomic mass is 15.2. The number of hydrogen-bond acceptors (Lipinski definition) is 3. The lowest BCUT2D eigenvalue weighted by Crippen LogP contribution is -1.87. The SMILES string of the molecule is Cn1cc(-c2cnc3ccc(N)cc3c2)cn1. The van der Waals surface area contributed by atoms with Crippen LogP contribution in [0.15, 0.2) is 42.9 Å². The van der Waals surface area contributed by atoms with Crippen molar-refractivity contribution in [2.24, 2.45) is 7.05 Å². The molecule has 0 saturated carbocycles. The second-order valence-corrected chi connectivity index (χ2v) is 4.08. The summed E-state index contributed by atoms with van der Waals surface area (Å²) in [4.78, 5) is 4.42. The smallest absolute Gasteiger partial charge is 0.0703 e. The van der Waals surface area contributed by atoms with Gasteiger partial charge in [0.05, 0.1) is 11.7 Å². The molecule has 0 fully saturated rings. The van der Waals surface area contributed by atoms with E-state index >= 15 is 0 Å². The summed E-state index contributed by atoms with van der Waals surface area (Å²) >= 11 is 0. The number of hydrogen-bond donors (Lipinski definition) is 1. The molecule has 0 saturated heterocycles. The second-order valence-electron chi connectivity index (χ2n) is 4.08. The third-order valence-corrected chi connectivity index (χ3v) is 2.74. The fourth-order valence-electron chi connectivity index (χ4n) is 1.88. The van der Waals surface area contributed by atoms with Crippen molar-refractivity contribution in [3.8, 4) is 11.1 Å². The summed E-state index contributed by atoms with van der Waals surface area (Å²) in [5, 5.41) is 5.20. The lowest BCUT2D eigenvalue weighted by Gasteiger charge is -2.01. The highest BCUT2D eigenvalue weighted by Gasteiger charge is 2.03. The molecule has 0 aliphatic carbocycles. The first-order chi connectivity index (χ1) is 8.22. The molecule has 2 aromatic heterocycles. The average Bonchev–Trinajstić information content (AvgIpc) is 2.75. The fraction of sp³-hybridized carbons (Fsp3) is 0.0769. The lowest BCUT2D eigenvalue weighted by atomic mass is 10.1. The normalized spacial score (nSPS) is 10.9. The van der Waals surface area contributed by atoms with Crippen LogP contribution in [0, 0.1) is 0 Å². The molecule has 2 N–H and O–H groups in total. The number of fused-ring (bicyclic) bond motifs is 1. The Morgan fingerprint density at radius 1 is 1.12 bits per heavy atom. The van der Waals surface area contributed by atoms with Crippen molar-refractivity contribution in [2.45, 2.75) is 0 Å². The van der Waals surface area contributed by atoms with E-state index in [0.717, 1.165) is 27.7 Å². The monoisotopic (exact) mass is 224 g/mol. The topological polar surface area (TPSA) is 56.7 Å². The number of aryl methyl sites for hydroxylation is 1. The molecule has 0 spiro atoms. The maximum absolute atomic E-state index is 5.77. The third kappa shape index (κ3) is 1.73. The molecular weight excluding hydrogens is 212 g/mol. The van der Waals surface area contributed by atoms with Gasteiger partial charge in [-0.2, -0.15) is 5.10 Å². The summed E-state index contributed by atoms with van der Waals surface area (Å²) in [5.41, 5.74) is 9.59. The molecule has 4 heteroatoms. The maximum Gasteiger partial charge on any atom is 0.0703 e. The standard InChI is InChI=1S/C13H12N4/c1-17-8-11(7-16-17)10-4-9-5-12(14)2-3-13(9)15-6-10/h2-8H,14H2,1H3. The van der Waals surface area contributed by atoms with Crippen LogP contribution >= 0.6 is 0 Å². The molecule has 3 rings (SSSR count). The van der Waals surface area contributed by atoms with Gasteiger partial charge in [-0.25, -0.2) is 0 Å². The number of nitrogen functional groups attached to an aromatic ring is 1. The van der Waals surface area contributed by atoms with Gasteiger partial charge in [0.2, 0.25) is 0 Å². The first kappa shape index (κ1) is 9.84. The minimum absolute atomic E-state index is 0.752. The van der Waals surface area contributed by atoms with Crippen LogP contribution in [0.1, 0.15) is 0 Å². The summed E-state index contributed by atoms with van der Waals surface area (Å²) in [6, 6.07) is 7.80. The molecule has 1 aromatic carbocycles. The minimum atomic E-state index is 0.752. The minimum Gasteiger partial charge on any atom is -0.399 e. The van der Waals surface area contributed by atoms with Crippen LogP contribution in [0.2, 0.25) is 0 Å².